The Labute approximate surface area is 111 Å². The van der Waals surface area contributed by atoms with Crippen LogP contribution in [0.5, 0.6) is 0 Å². The van der Waals surface area contributed by atoms with Crippen molar-refractivity contribution in [3.8, 4) is 0 Å². The predicted molar refractivity (Wildman–Crippen MR) is 71.4 cm³/mol. The topological polar surface area (TPSA) is 43.1 Å². The minimum absolute atomic E-state index is 0.133. The summed E-state index contributed by atoms with van der Waals surface area (Å²) in [6, 6.07) is 14.4. The Hall–Kier alpha value is -1.33. The van der Waals surface area contributed by atoms with Crippen molar-refractivity contribution >= 4 is 33.4 Å². The summed E-state index contributed by atoms with van der Waals surface area (Å²) in [5.74, 6) is 0. The summed E-state index contributed by atoms with van der Waals surface area (Å²) in [6.45, 7) is 0. The Morgan fingerprint density at radius 3 is 2.24 bits per heavy atom. The molecule has 0 fully saturated rings. The van der Waals surface area contributed by atoms with Gasteiger partial charge in [0.15, 0.2) is 0 Å². The Morgan fingerprint density at radius 2 is 1.59 bits per heavy atom. The molecule has 2 rings (SSSR count). The molecule has 0 unspecified atom stereocenters. The van der Waals surface area contributed by atoms with E-state index in [9.17, 15) is 10.1 Å². The summed E-state index contributed by atoms with van der Waals surface area (Å²) in [5, 5.41) is 10.9. The molecule has 5 heteroatoms. The lowest BCUT2D eigenvalue weighted by Gasteiger charge is -2.04. The van der Waals surface area contributed by atoms with Gasteiger partial charge in [-0.1, -0.05) is 36.0 Å². The van der Waals surface area contributed by atoms with E-state index in [0.29, 0.717) is 4.90 Å². The Kier molecular flexibility index (Phi) is 3.81. The van der Waals surface area contributed by atoms with Crippen LogP contribution in [-0.4, -0.2) is 4.92 Å². The molecule has 0 atom stereocenters. The van der Waals surface area contributed by atoms with Gasteiger partial charge in [0.1, 0.15) is 0 Å². The number of para-hydroxylation sites is 1. The number of rotatable bonds is 3. The molecule has 0 bridgehead atoms. The third-order valence-corrected chi connectivity index (χ3v) is 4.21. The summed E-state index contributed by atoms with van der Waals surface area (Å²) in [5.41, 5.74) is 0.133. The van der Waals surface area contributed by atoms with Crippen LogP contribution in [0.1, 0.15) is 0 Å². The van der Waals surface area contributed by atoms with Gasteiger partial charge in [-0.3, -0.25) is 10.1 Å². The van der Waals surface area contributed by atoms with E-state index in [1.165, 1.54) is 17.8 Å². The van der Waals surface area contributed by atoms with Crippen LogP contribution in [0.2, 0.25) is 0 Å². The van der Waals surface area contributed by atoms with Gasteiger partial charge in [0.2, 0.25) is 0 Å². The Bertz CT molecular complexity index is 560. The van der Waals surface area contributed by atoms with Crippen LogP contribution in [0.15, 0.2) is 62.8 Å². The highest BCUT2D eigenvalue weighted by atomic mass is 79.9. The first-order valence-electron chi connectivity index (χ1n) is 4.84. The normalized spacial score (nSPS) is 10.2. The van der Waals surface area contributed by atoms with Crippen LogP contribution < -0.4 is 0 Å². The van der Waals surface area contributed by atoms with E-state index < -0.39 is 0 Å². The van der Waals surface area contributed by atoms with Crippen molar-refractivity contribution in [3.63, 3.8) is 0 Å². The van der Waals surface area contributed by atoms with Crippen molar-refractivity contribution in [1.29, 1.82) is 0 Å². The summed E-state index contributed by atoms with van der Waals surface area (Å²) in [6.07, 6.45) is 0. The largest absolute Gasteiger partial charge is 0.283 e. The quantitative estimate of drug-likeness (QED) is 0.619. The third kappa shape index (κ3) is 2.87. The maximum atomic E-state index is 10.9. The fourth-order valence-corrected chi connectivity index (χ4v) is 2.81. The number of benzene rings is 2. The second-order valence-electron chi connectivity index (χ2n) is 3.26. The van der Waals surface area contributed by atoms with Gasteiger partial charge in [-0.2, -0.15) is 0 Å². The lowest BCUT2D eigenvalue weighted by atomic mass is 10.3. The van der Waals surface area contributed by atoms with Gasteiger partial charge >= 0.3 is 0 Å². The van der Waals surface area contributed by atoms with E-state index in [2.05, 4.69) is 15.9 Å². The molecule has 0 N–H and O–H groups in total. The highest BCUT2D eigenvalue weighted by Crippen LogP contribution is 2.37. The van der Waals surface area contributed by atoms with Gasteiger partial charge in [0.05, 0.1) is 9.82 Å². The Morgan fingerprint density at radius 1 is 1.00 bits per heavy atom. The second-order valence-corrected chi connectivity index (χ2v) is 5.20. The van der Waals surface area contributed by atoms with Crippen molar-refractivity contribution < 1.29 is 4.92 Å². The van der Waals surface area contributed by atoms with E-state index in [1.807, 2.05) is 24.3 Å². The lowest BCUT2D eigenvalue weighted by Crippen LogP contribution is -1.90. The Balaban J connectivity index is 2.37. The van der Waals surface area contributed by atoms with Crippen LogP contribution in [-0.2, 0) is 0 Å². The minimum Gasteiger partial charge on any atom is -0.258 e. The molecule has 0 heterocycles. The van der Waals surface area contributed by atoms with Crippen molar-refractivity contribution in [2.45, 2.75) is 9.79 Å². The number of hydrogen-bond acceptors (Lipinski definition) is 3. The summed E-state index contributed by atoms with van der Waals surface area (Å²) < 4.78 is 0.933. The molecule has 3 nitrogen and oxygen atoms in total. The first kappa shape index (κ1) is 12.1. The third-order valence-electron chi connectivity index (χ3n) is 2.12. The summed E-state index contributed by atoms with van der Waals surface area (Å²) >= 11 is 4.81. The predicted octanol–water partition coefficient (Wildman–Crippen LogP) is 4.51. The molecule has 0 aliphatic rings. The average Bonchev–Trinajstić information content (AvgIpc) is 2.32. The zero-order valence-corrected chi connectivity index (χ0v) is 11.1. The molecule has 0 saturated carbocycles. The van der Waals surface area contributed by atoms with Crippen LogP contribution in [0.4, 0.5) is 5.69 Å². The fraction of sp³-hybridized carbons (Fsp3) is 0. The van der Waals surface area contributed by atoms with E-state index in [0.717, 1.165) is 9.37 Å². The van der Waals surface area contributed by atoms with Gasteiger partial charge < -0.3 is 0 Å². The standard InChI is InChI=1S/C12H8BrNO2S/c13-9-5-1-3-7-11(9)17-12-8-4-2-6-10(12)14(15)16/h1-8H. The maximum absolute atomic E-state index is 10.9. The van der Waals surface area contributed by atoms with Crippen molar-refractivity contribution in [2.24, 2.45) is 0 Å². The molecule has 0 radical (unpaired) electrons. The van der Waals surface area contributed by atoms with Crippen molar-refractivity contribution in [1.82, 2.24) is 0 Å². The van der Waals surface area contributed by atoms with Crippen LogP contribution in [0.3, 0.4) is 0 Å². The van der Waals surface area contributed by atoms with E-state index >= 15 is 0 Å². The zero-order valence-electron chi connectivity index (χ0n) is 8.67. The first-order valence-corrected chi connectivity index (χ1v) is 6.45. The van der Waals surface area contributed by atoms with Crippen molar-refractivity contribution in [2.75, 3.05) is 0 Å². The van der Waals surface area contributed by atoms with Crippen LogP contribution in [0.25, 0.3) is 0 Å². The fourth-order valence-electron chi connectivity index (χ4n) is 1.34. The van der Waals surface area contributed by atoms with Crippen molar-refractivity contribution in [3.05, 3.63) is 63.1 Å². The molecule has 0 amide bonds. The molecular formula is C12H8BrNO2S. The SMILES string of the molecule is O=[N+]([O-])c1ccccc1Sc1ccccc1Br. The lowest BCUT2D eigenvalue weighted by molar-refractivity contribution is -0.387. The number of hydrogen-bond donors (Lipinski definition) is 0. The molecule has 86 valence electrons. The molecule has 17 heavy (non-hydrogen) atoms. The van der Waals surface area contributed by atoms with Gasteiger partial charge in [-0.05, 0) is 34.1 Å². The van der Waals surface area contributed by atoms with E-state index in [-0.39, 0.29) is 10.6 Å². The number of nitro benzene ring substituents is 1. The summed E-state index contributed by atoms with van der Waals surface area (Å²) in [7, 11) is 0. The summed E-state index contributed by atoms with van der Waals surface area (Å²) in [4.78, 5) is 12.1. The first-order chi connectivity index (χ1) is 8.18. The molecule has 2 aromatic carbocycles. The van der Waals surface area contributed by atoms with Gasteiger partial charge in [0.25, 0.3) is 5.69 Å². The average molecular weight is 310 g/mol. The zero-order chi connectivity index (χ0) is 12.3. The van der Waals surface area contributed by atoms with E-state index in [1.54, 1.807) is 18.2 Å². The number of nitrogens with zero attached hydrogens (tertiary/aromatic N) is 1. The highest BCUT2D eigenvalue weighted by molar-refractivity contribution is 9.10. The number of halogens is 1. The highest BCUT2D eigenvalue weighted by Gasteiger charge is 2.14. The van der Waals surface area contributed by atoms with E-state index in [4.69, 9.17) is 0 Å². The van der Waals surface area contributed by atoms with Crippen LogP contribution >= 0.6 is 27.7 Å². The van der Waals surface area contributed by atoms with Gasteiger partial charge in [-0.15, -0.1) is 0 Å². The molecule has 0 aromatic heterocycles. The monoisotopic (exact) mass is 309 g/mol. The molecular weight excluding hydrogens is 302 g/mol. The number of nitro groups is 1. The van der Waals surface area contributed by atoms with Gasteiger partial charge in [-0.25, -0.2) is 0 Å². The molecule has 0 aliphatic carbocycles. The maximum Gasteiger partial charge on any atom is 0.283 e. The van der Waals surface area contributed by atoms with Gasteiger partial charge in [0, 0.05) is 15.4 Å². The molecule has 0 aliphatic heterocycles. The second kappa shape index (κ2) is 5.33. The van der Waals surface area contributed by atoms with Crippen LogP contribution in [0, 0.1) is 10.1 Å². The molecule has 0 saturated heterocycles. The minimum atomic E-state index is -0.362. The smallest absolute Gasteiger partial charge is 0.258 e. The molecule has 0 spiro atoms. The molecule has 2 aromatic rings.